The van der Waals surface area contributed by atoms with E-state index < -0.39 is 10.0 Å². The van der Waals surface area contributed by atoms with Crippen LogP contribution in [0.15, 0.2) is 0 Å². The summed E-state index contributed by atoms with van der Waals surface area (Å²) in [5.74, 6) is 0.495. The smallest absolute Gasteiger partial charge is 0.208 e. The van der Waals surface area contributed by atoms with E-state index >= 15 is 0 Å². The largest absolute Gasteiger partial charge is 0.215 e. The third-order valence-corrected chi connectivity index (χ3v) is 2.87. The Morgan fingerprint density at radius 1 is 1.31 bits per heavy atom. The van der Waals surface area contributed by atoms with E-state index in [1.165, 1.54) is 19.1 Å². The van der Waals surface area contributed by atoms with E-state index in [4.69, 9.17) is 0 Å². The molecular formula is C9H21NO2S. The van der Waals surface area contributed by atoms with E-state index in [0.717, 1.165) is 12.8 Å². The summed E-state index contributed by atoms with van der Waals surface area (Å²) < 4.78 is 24.2. The lowest BCUT2D eigenvalue weighted by atomic mass is 10.00. The van der Waals surface area contributed by atoms with Crippen molar-refractivity contribution in [2.75, 3.05) is 12.8 Å². The first-order valence-electron chi connectivity index (χ1n) is 4.94. The van der Waals surface area contributed by atoms with Crippen LogP contribution in [-0.2, 0) is 10.0 Å². The summed E-state index contributed by atoms with van der Waals surface area (Å²) in [6.45, 7) is 4.84. The van der Waals surface area contributed by atoms with E-state index in [0.29, 0.717) is 12.5 Å². The van der Waals surface area contributed by atoms with Crippen LogP contribution in [0.1, 0.15) is 39.5 Å². The maximum atomic E-state index is 10.8. The maximum Gasteiger partial charge on any atom is 0.208 e. The minimum absolute atomic E-state index is 0.495. The zero-order valence-electron chi connectivity index (χ0n) is 8.84. The van der Waals surface area contributed by atoms with Gasteiger partial charge in [0.2, 0.25) is 10.0 Å². The minimum atomic E-state index is -3.00. The van der Waals surface area contributed by atoms with Crippen LogP contribution in [0.3, 0.4) is 0 Å². The van der Waals surface area contributed by atoms with E-state index in [-0.39, 0.29) is 0 Å². The highest BCUT2D eigenvalue weighted by Gasteiger charge is 2.08. The molecule has 0 fully saturated rings. The predicted octanol–water partition coefficient (Wildman–Crippen LogP) is 1.75. The van der Waals surface area contributed by atoms with Crippen molar-refractivity contribution < 1.29 is 8.42 Å². The molecule has 0 saturated carbocycles. The Hall–Kier alpha value is -0.0900. The number of sulfonamides is 1. The van der Waals surface area contributed by atoms with Crippen molar-refractivity contribution in [3.05, 3.63) is 0 Å². The molecule has 0 aliphatic heterocycles. The molecule has 0 aromatic rings. The lowest BCUT2D eigenvalue weighted by molar-refractivity contribution is 0.444. The highest BCUT2D eigenvalue weighted by Crippen LogP contribution is 2.11. The summed E-state index contributed by atoms with van der Waals surface area (Å²) in [7, 11) is -3.00. The highest BCUT2D eigenvalue weighted by atomic mass is 32.2. The summed E-state index contributed by atoms with van der Waals surface area (Å²) in [4.78, 5) is 0. The Balaban J connectivity index is 3.72. The molecule has 3 nitrogen and oxygen atoms in total. The number of rotatable bonds is 7. The quantitative estimate of drug-likeness (QED) is 0.691. The van der Waals surface area contributed by atoms with Gasteiger partial charge < -0.3 is 0 Å². The van der Waals surface area contributed by atoms with Gasteiger partial charge in [-0.1, -0.05) is 33.1 Å². The van der Waals surface area contributed by atoms with Gasteiger partial charge in [-0.15, -0.1) is 0 Å². The molecule has 0 unspecified atom stereocenters. The van der Waals surface area contributed by atoms with Crippen LogP contribution in [0.5, 0.6) is 0 Å². The monoisotopic (exact) mass is 207 g/mol. The Morgan fingerprint density at radius 3 is 2.31 bits per heavy atom. The Bertz CT molecular complexity index is 212. The molecule has 1 atom stereocenters. The number of nitrogens with one attached hydrogen (secondary N) is 1. The average molecular weight is 207 g/mol. The van der Waals surface area contributed by atoms with Gasteiger partial charge in [-0.25, -0.2) is 13.1 Å². The maximum absolute atomic E-state index is 10.8. The molecule has 0 saturated heterocycles. The first kappa shape index (κ1) is 12.9. The summed E-state index contributed by atoms with van der Waals surface area (Å²) in [5, 5.41) is 0. The molecule has 1 N–H and O–H groups in total. The first-order chi connectivity index (χ1) is 5.99. The summed E-state index contributed by atoms with van der Waals surface area (Å²) in [5.41, 5.74) is 0. The zero-order chi connectivity index (χ0) is 10.3. The van der Waals surface area contributed by atoms with Crippen LogP contribution in [-0.4, -0.2) is 21.2 Å². The number of unbranched alkanes of at least 4 members (excludes halogenated alkanes) is 1. The second kappa shape index (κ2) is 6.38. The minimum Gasteiger partial charge on any atom is -0.215 e. The first-order valence-corrected chi connectivity index (χ1v) is 6.83. The van der Waals surface area contributed by atoms with Crippen LogP contribution in [0, 0.1) is 5.92 Å². The van der Waals surface area contributed by atoms with Gasteiger partial charge >= 0.3 is 0 Å². The van der Waals surface area contributed by atoms with Crippen molar-refractivity contribution >= 4 is 10.0 Å². The Labute approximate surface area is 82.0 Å². The molecular weight excluding hydrogens is 186 g/mol. The molecule has 13 heavy (non-hydrogen) atoms. The Morgan fingerprint density at radius 2 is 1.92 bits per heavy atom. The molecule has 0 aromatic heterocycles. The SMILES string of the molecule is CCCC[C@@H](CC)CNS(C)(=O)=O. The van der Waals surface area contributed by atoms with Crippen molar-refractivity contribution in [2.24, 2.45) is 5.92 Å². The van der Waals surface area contributed by atoms with Gasteiger partial charge in [0, 0.05) is 6.54 Å². The molecule has 0 amide bonds. The molecule has 0 aliphatic rings. The van der Waals surface area contributed by atoms with Crippen LogP contribution in [0.25, 0.3) is 0 Å². The second-order valence-electron chi connectivity index (χ2n) is 3.54. The molecule has 4 heteroatoms. The van der Waals surface area contributed by atoms with Crippen LogP contribution >= 0.6 is 0 Å². The summed E-state index contributed by atoms with van der Waals surface area (Å²) >= 11 is 0. The standard InChI is InChI=1S/C9H21NO2S/c1-4-6-7-9(5-2)8-10-13(3,11)12/h9-10H,4-8H2,1-3H3/t9-/m1/s1. The van der Waals surface area contributed by atoms with Gasteiger partial charge in [0.1, 0.15) is 0 Å². The van der Waals surface area contributed by atoms with Crippen LogP contribution in [0.4, 0.5) is 0 Å². The molecule has 0 rings (SSSR count). The molecule has 0 aromatic carbocycles. The third kappa shape index (κ3) is 8.25. The van der Waals surface area contributed by atoms with Gasteiger partial charge in [0.15, 0.2) is 0 Å². The molecule has 80 valence electrons. The van der Waals surface area contributed by atoms with Crippen molar-refractivity contribution in [2.45, 2.75) is 39.5 Å². The van der Waals surface area contributed by atoms with E-state index in [1.807, 2.05) is 0 Å². The lowest BCUT2D eigenvalue weighted by Gasteiger charge is -2.13. The van der Waals surface area contributed by atoms with E-state index in [9.17, 15) is 8.42 Å². The van der Waals surface area contributed by atoms with Gasteiger partial charge in [-0.2, -0.15) is 0 Å². The fourth-order valence-corrected chi connectivity index (χ4v) is 1.75. The predicted molar refractivity (Wildman–Crippen MR) is 56.2 cm³/mol. The number of hydrogen-bond donors (Lipinski definition) is 1. The van der Waals surface area contributed by atoms with Crippen LogP contribution in [0.2, 0.25) is 0 Å². The average Bonchev–Trinajstić information content (AvgIpc) is 2.03. The molecule has 0 heterocycles. The van der Waals surface area contributed by atoms with Crippen molar-refractivity contribution in [1.29, 1.82) is 0 Å². The topological polar surface area (TPSA) is 46.2 Å². The van der Waals surface area contributed by atoms with Gasteiger partial charge in [0.25, 0.3) is 0 Å². The van der Waals surface area contributed by atoms with Crippen molar-refractivity contribution in [3.8, 4) is 0 Å². The van der Waals surface area contributed by atoms with Gasteiger partial charge in [-0.3, -0.25) is 0 Å². The summed E-state index contributed by atoms with van der Waals surface area (Å²) in [6.07, 6.45) is 5.73. The fourth-order valence-electron chi connectivity index (χ4n) is 1.21. The third-order valence-electron chi connectivity index (χ3n) is 2.18. The molecule has 0 spiro atoms. The highest BCUT2D eigenvalue weighted by molar-refractivity contribution is 7.88. The molecule has 0 radical (unpaired) electrons. The van der Waals surface area contributed by atoms with Crippen LogP contribution < -0.4 is 4.72 Å². The zero-order valence-corrected chi connectivity index (χ0v) is 9.65. The van der Waals surface area contributed by atoms with Crippen molar-refractivity contribution in [1.82, 2.24) is 4.72 Å². The molecule has 0 aliphatic carbocycles. The van der Waals surface area contributed by atoms with Gasteiger partial charge in [0.05, 0.1) is 6.26 Å². The van der Waals surface area contributed by atoms with Crippen molar-refractivity contribution in [3.63, 3.8) is 0 Å². The lowest BCUT2D eigenvalue weighted by Crippen LogP contribution is -2.28. The Kier molecular flexibility index (Phi) is 6.33. The molecule has 0 bridgehead atoms. The normalized spacial score (nSPS) is 14.4. The second-order valence-corrected chi connectivity index (χ2v) is 5.37. The van der Waals surface area contributed by atoms with E-state index in [1.54, 1.807) is 0 Å². The fraction of sp³-hybridized carbons (Fsp3) is 1.00. The summed E-state index contributed by atoms with van der Waals surface area (Å²) in [6, 6.07) is 0. The van der Waals surface area contributed by atoms with Gasteiger partial charge in [-0.05, 0) is 12.3 Å². The van der Waals surface area contributed by atoms with E-state index in [2.05, 4.69) is 18.6 Å². The number of hydrogen-bond acceptors (Lipinski definition) is 2.